The molecule has 0 aliphatic rings. The van der Waals surface area contributed by atoms with Gasteiger partial charge in [0.05, 0.1) is 34.3 Å². The fraction of sp³-hybridized carbons (Fsp3) is 0. The fourth-order valence-corrected chi connectivity index (χ4v) is 4.77. The number of hydrogen-bond acceptors (Lipinski definition) is 0. The Morgan fingerprint density at radius 3 is 1.52 bits per heavy atom. The smallest absolute Gasteiger partial charge is 0.0622 e. The van der Waals surface area contributed by atoms with Crippen molar-refractivity contribution in [1.29, 1.82) is 0 Å². The lowest BCUT2D eigenvalue weighted by molar-refractivity contribution is 1.64. The predicted molar refractivity (Wildman–Crippen MR) is 173 cm³/mol. The van der Waals surface area contributed by atoms with E-state index in [1.165, 1.54) is 0 Å². The van der Waals surface area contributed by atoms with Crippen molar-refractivity contribution in [2.45, 2.75) is 0 Å². The van der Waals surface area contributed by atoms with E-state index in [0.29, 0.717) is 0 Å². The molecule has 0 aliphatic heterocycles. The van der Waals surface area contributed by atoms with Gasteiger partial charge in [0.1, 0.15) is 0 Å². The maximum absolute atomic E-state index is 9.63. The molecule has 0 heterocycles. The van der Waals surface area contributed by atoms with Crippen LogP contribution in [0.5, 0.6) is 0 Å². The van der Waals surface area contributed by atoms with Crippen LogP contribution in [0.25, 0.3) is 76.5 Å². The molecule has 8 aromatic rings. The molecule has 0 saturated heterocycles. The molecule has 0 spiro atoms. The number of fused-ring (bicyclic) bond motifs is 4. The summed E-state index contributed by atoms with van der Waals surface area (Å²) < 4.78 is 223. The van der Waals surface area contributed by atoms with Crippen molar-refractivity contribution < 1.29 is 34.3 Å². The van der Waals surface area contributed by atoms with Crippen LogP contribution in [0.2, 0.25) is 0 Å². The molecule has 0 aliphatic carbocycles. The van der Waals surface area contributed by atoms with Crippen LogP contribution in [0.3, 0.4) is 0 Å². The molecule has 0 radical (unpaired) electrons. The zero-order valence-corrected chi connectivity index (χ0v) is 20.1. The van der Waals surface area contributed by atoms with Crippen molar-refractivity contribution in [2.24, 2.45) is 0 Å². The first-order valence-corrected chi connectivity index (χ1v) is 11.8. The van der Waals surface area contributed by atoms with E-state index in [0.717, 1.165) is 6.07 Å². The van der Waals surface area contributed by atoms with Gasteiger partial charge in [-0.15, -0.1) is 0 Å². The van der Waals surface area contributed by atoms with E-state index in [1.807, 2.05) is 0 Å². The van der Waals surface area contributed by atoms with Gasteiger partial charge in [-0.3, -0.25) is 0 Å². The van der Waals surface area contributed by atoms with Gasteiger partial charge in [-0.05, 0) is 82.5 Å². The van der Waals surface area contributed by atoms with Crippen LogP contribution in [0.1, 0.15) is 34.3 Å². The van der Waals surface area contributed by atoms with E-state index >= 15 is 0 Å². The molecular weight excluding hydrogens is 480 g/mol. The van der Waals surface area contributed by atoms with Gasteiger partial charge < -0.3 is 0 Å². The van der Waals surface area contributed by atoms with Gasteiger partial charge in [0.15, 0.2) is 0 Å². The quantitative estimate of drug-likeness (QED) is 0.199. The third kappa shape index (κ3) is 3.54. The highest BCUT2D eigenvalue weighted by molar-refractivity contribution is 6.24. The molecule has 40 heavy (non-hydrogen) atoms. The average Bonchev–Trinajstić information content (AvgIpc) is 3.27. The minimum Gasteiger partial charge on any atom is -0.0622 e. The van der Waals surface area contributed by atoms with Gasteiger partial charge in [0.25, 0.3) is 0 Å². The van der Waals surface area contributed by atoms with Crippen molar-refractivity contribution in [1.82, 2.24) is 0 Å². The molecule has 0 N–H and O–H groups in total. The molecule has 0 nitrogen and oxygen atoms in total. The van der Waals surface area contributed by atoms with Crippen molar-refractivity contribution >= 4 is 43.1 Å². The Morgan fingerprint density at radius 1 is 0.325 bits per heavy atom. The molecule has 8 rings (SSSR count). The lowest BCUT2D eigenvalue weighted by Crippen LogP contribution is -1.92. The molecule has 0 heteroatoms. The van der Waals surface area contributed by atoms with Crippen LogP contribution in [-0.4, -0.2) is 0 Å². The Labute approximate surface area is 268 Å². The Bertz CT molecular complexity index is 3490. The zero-order chi connectivity index (χ0) is 48.2. The molecular formula is C40H26. The summed E-state index contributed by atoms with van der Waals surface area (Å²) >= 11 is 0. The summed E-state index contributed by atoms with van der Waals surface area (Å²) in [5.74, 6) is 0. The van der Waals surface area contributed by atoms with Gasteiger partial charge in [0.2, 0.25) is 0 Å². The summed E-state index contributed by atoms with van der Waals surface area (Å²) in [7, 11) is 0. The number of benzene rings is 8. The Balaban J connectivity index is 1.79. The molecule has 0 amide bonds. The van der Waals surface area contributed by atoms with E-state index in [1.54, 1.807) is 0 Å². The van der Waals surface area contributed by atoms with Crippen molar-refractivity contribution in [2.75, 3.05) is 0 Å². The Kier molecular flexibility index (Phi) is 2.05. The maximum atomic E-state index is 9.63. The Morgan fingerprint density at radius 2 is 0.850 bits per heavy atom. The fourth-order valence-electron chi connectivity index (χ4n) is 4.77. The van der Waals surface area contributed by atoms with Crippen LogP contribution in [0, 0.1) is 0 Å². The first-order chi connectivity index (χ1) is 30.3. The third-order valence-corrected chi connectivity index (χ3v) is 6.44. The molecule has 0 aromatic heterocycles. The van der Waals surface area contributed by atoms with E-state index < -0.39 is 222 Å². The molecule has 0 unspecified atom stereocenters. The van der Waals surface area contributed by atoms with Crippen LogP contribution < -0.4 is 0 Å². The van der Waals surface area contributed by atoms with E-state index in [9.17, 15) is 12.3 Å². The summed E-state index contributed by atoms with van der Waals surface area (Å²) in [5, 5.41) is -4.95. The molecule has 0 saturated carbocycles. The van der Waals surface area contributed by atoms with Gasteiger partial charge in [-0.1, -0.05) is 151 Å². The largest absolute Gasteiger partial charge is 0.0636 e. The maximum Gasteiger partial charge on any atom is 0.0636 e. The zero-order valence-electron chi connectivity index (χ0n) is 45.1. The molecule has 0 fully saturated rings. The molecule has 0 atom stereocenters. The minimum absolute atomic E-state index is 0.287. The lowest BCUT2D eigenvalue weighted by atomic mass is 9.83. The van der Waals surface area contributed by atoms with E-state index in [-0.39, 0.29) is 5.39 Å². The van der Waals surface area contributed by atoms with Crippen molar-refractivity contribution in [3.05, 3.63) is 157 Å². The highest BCUT2D eigenvalue weighted by Crippen LogP contribution is 2.46. The molecule has 186 valence electrons. The standard InChI is InChI=1S/C40H26/c1-2-13-28(14-3-1)31-24-25-38(33-17-7-6-16-32(31)33)40-36-20-10-8-18-34(36)39(35-19-9-11-21-37(35)40)30-23-22-27-12-4-5-15-29(27)26-30/h1-26H/i1D,2D,3D,4D,5D,6D,7D,8D,9D,10D,11D,13D,14D,15D,16D,17D,18D,19D,20D,21D,22D,23D,24D,25D,26D. The van der Waals surface area contributed by atoms with Gasteiger partial charge >= 0.3 is 0 Å². The van der Waals surface area contributed by atoms with Crippen LogP contribution in [0.15, 0.2) is 157 Å². The third-order valence-electron chi connectivity index (χ3n) is 6.44. The van der Waals surface area contributed by atoms with Crippen LogP contribution >= 0.6 is 0 Å². The molecule has 0 bridgehead atoms. The first-order valence-electron chi connectivity index (χ1n) is 24.3. The summed E-state index contributed by atoms with van der Waals surface area (Å²) in [5.41, 5.74) is -4.28. The topological polar surface area (TPSA) is 0 Å². The van der Waals surface area contributed by atoms with Crippen LogP contribution in [-0.2, 0) is 0 Å². The highest BCUT2D eigenvalue weighted by atomic mass is 14.2. The van der Waals surface area contributed by atoms with Gasteiger partial charge in [-0.25, -0.2) is 0 Å². The summed E-state index contributed by atoms with van der Waals surface area (Å²) in [6, 6.07) is -21.4. The van der Waals surface area contributed by atoms with Gasteiger partial charge in [0, 0.05) is 0 Å². The SMILES string of the molecule is [2H]c1cc2c([2H])c([2H])c(-c3c4c([2H])c([2H])c([2H])c([2H])c4c(-c4c([2H])c([2H])c(-c5c([2H])c([2H])c([2H])c([2H])c5[2H])c5c([2H])c([2H])c([2H])c([2H])c45)c4c([2H])c([2H])c([2H])c([2H])c34)c([2H])c2c([2H])c1[2H]. The normalized spacial score (nSPS) is 20.2. The average molecular weight is 532 g/mol. The van der Waals surface area contributed by atoms with E-state index in [4.69, 9.17) is 21.9 Å². The monoisotopic (exact) mass is 531 g/mol. The van der Waals surface area contributed by atoms with Crippen molar-refractivity contribution in [3.8, 4) is 33.4 Å². The lowest BCUT2D eigenvalue weighted by Gasteiger charge is -2.20. The Hall–Kier alpha value is -5.20. The molecule has 8 aromatic carbocycles. The van der Waals surface area contributed by atoms with Crippen LogP contribution in [0.4, 0.5) is 0 Å². The minimum atomic E-state index is -1.05. The number of hydrogen-bond donors (Lipinski definition) is 0. The summed E-state index contributed by atoms with van der Waals surface area (Å²) in [6.07, 6.45) is 0. The summed E-state index contributed by atoms with van der Waals surface area (Å²) in [4.78, 5) is 0. The second-order valence-corrected chi connectivity index (χ2v) is 8.58. The van der Waals surface area contributed by atoms with E-state index in [2.05, 4.69) is 0 Å². The summed E-state index contributed by atoms with van der Waals surface area (Å²) in [6.45, 7) is 0. The second kappa shape index (κ2) is 9.22. The highest BCUT2D eigenvalue weighted by Gasteiger charge is 2.18. The predicted octanol–water partition coefficient (Wildman–Crippen LogP) is 11.3. The van der Waals surface area contributed by atoms with Crippen molar-refractivity contribution in [3.63, 3.8) is 0 Å². The first kappa shape index (κ1) is 8.91. The van der Waals surface area contributed by atoms with Gasteiger partial charge in [-0.2, -0.15) is 0 Å². The second-order valence-electron chi connectivity index (χ2n) is 8.58. The number of rotatable bonds is 3.